The number of furan rings is 1. The molecule has 8 aromatic rings. The summed E-state index contributed by atoms with van der Waals surface area (Å²) in [6.45, 7) is 0. The standard InChI is InChI=1S/C43H26N2O/c44-26-27-13-15-30(16-14-27)37-25-38-41-33(11-6-12-40(41)46-43(38)36-10-5-4-9-35(36)37)28-17-18-29-19-20-32-22-24-39(31-7-2-1-3-8-31)45-42(32)34(29)23-21-28/h1-22,24-25H,23H2. The average molecular weight is 587 g/mol. The minimum Gasteiger partial charge on any atom is -0.455 e. The van der Waals surface area contributed by atoms with Crippen LogP contribution in [0.15, 0.2) is 144 Å². The summed E-state index contributed by atoms with van der Waals surface area (Å²) in [5.41, 5.74) is 12.5. The van der Waals surface area contributed by atoms with E-state index >= 15 is 0 Å². The summed E-state index contributed by atoms with van der Waals surface area (Å²) < 4.78 is 6.63. The van der Waals surface area contributed by atoms with E-state index in [0.717, 1.165) is 83.6 Å². The smallest absolute Gasteiger partial charge is 0.143 e. The van der Waals surface area contributed by atoms with Gasteiger partial charge in [-0.3, -0.25) is 0 Å². The number of pyridine rings is 1. The maximum Gasteiger partial charge on any atom is 0.143 e. The van der Waals surface area contributed by atoms with E-state index in [9.17, 15) is 5.26 Å². The van der Waals surface area contributed by atoms with E-state index in [1.54, 1.807) is 0 Å². The van der Waals surface area contributed by atoms with Crippen molar-refractivity contribution in [3.05, 3.63) is 162 Å². The summed E-state index contributed by atoms with van der Waals surface area (Å²) in [4.78, 5) is 5.16. The van der Waals surface area contributed by atoms with E-state index in [1.807, 2.05) is 30.3 Å². The van der Waals surface area contributed by atoms with Crippen molar-refractivity contribution in [1.82, 2.24) is 4.98 Å². The van der Waals surface area contributed by atoms with Crippen LogP contribution in [0, 0.1) is 11.3 Å². The first-order valence-electron chi connectivity index (χ1n) is 15.5. The molecule has 2 heterocycles. The summed E-state index contributed by atoms with van der Waals surface area (Å²) in [6, 6.07) is 46.1. The number of aromatic nitrogens is 1. The van der Waals surface area contributed by atoms with E-state index in [1.165, 1.54) is 11.1 Å². The minimum atomic E-state index is 0.650. The van der Waals surface area contributed by atoms with E-state index in [0.29, 0.717) is 5.56 Å². The summed E-state index contributed by atoms with van der Waals surface area (Å²) >= 11 is 0. The summed E-state index contributed by atoms with van der Waals surface area (Å²) in [5, 5.41) is 14.9. The molecule has 1 aliphatic rings. The summed E-state index contributed by atoms with van der Waals surface area (Å²) in [7, 11) is 0. The molecule has 0 unspecified atom stereocenters. The number of nitriles is 1. The van der Waals surface area contributed by atoms with Gasteiger partial charge in [-0.2, -0.15) is 5.26 Å². The van der Waals surface area contributed by atoms with Gasteiger partial charge in [-0.05, 0) is 75.5 Å². The Morgan fingerprint density at radius 1 is 0.652 bits per heavy atom. The molecule has 0 fully saturated rings. The van der Waals surface area contributed by atoms with Gasteiger partial charge in [-0.15, -0.1) is 0 Å². The third-order valence-electron chi connectivity index (χ3n) is 9.18. The molecule has 0 amide bonds. The molecule has 6 aromatic carbocycles. The van der Waals surface area contributed by atoms with Gasteiger partial charge in [0.15, 0.2) is 0 Å². The molecule has 9 rings (SSSR count). The van der Waals surface area contributed by atoms with Crippen LogP contribution in [0.1, 0.15) is 22.3 Å². The van der Waals surface area contributed by atoms with E-state index in [2.05, 4.69) is 121 Å². The predicted octanol–water partition coefficient (Wildman–Crippen LogP) is 11.1. The Hall–Kier alpha value is -6.24. The Bertz CT molecular complexity index is 2600. The van der Waals surface area contributed by atoms with Crippen molar-refractivity contribution < 1.29 is 4.42 Å². The highest BCUT2D eigenvalue weighted by atomic mass is 16.3. The number of hydrogen-bond acceptors (Lipinski definition) is 3. The van der Waals surface area contributed by atoms with Crippen LogP contribution in [0.5, 0.6) is 0 Å². The highest BCUT2D eigenvalue weighted by molar-refractivity contribution is 6.21. The molecule has 0 bridgehead atoms. The number of rotatable bonds is 3. The summed E-state index contributed by atoms with van der Waals surface area (Å²) in [5.74, 6) is 0. The third-order valence-corrected chi connectivity index (χ3v) is 9.18. The molecule has 0 radical (unpaired) electrons. The van der Waals surface area contributed by atoms with Crippen LogP contribution in [0.4, 0.5) is 0 Å². The molecule has 0 saturated carbocycles. The molecule has 2 aromatic heterocycles. The van der Waals surface area contributed by atoms with Crippen molar-refractivity contribution >= 4 is 55.3 Å². The molecule has 0 atom stereocenters. The molecule has 0 N–H and O–H groups in total. The zero-order chi connectivity index (χ0) is 30.6. The molecule has 3 heteroatoms. The van der Waals surface area contributed by atoms with E-state index < -0.39 is 0 Å². The van der Waals surface area contributed by atoms with Crippen molar-refractivity contribution in [1.29, 1.82) is 5.26 Å². The van der Waals surface area contributed by atoms with E-state index in [4.69, 9.17) is 9.40 Å². The lowest BCUT2D eigenvalue weighted by Crippen LogP contribution is -1.94. The SMILES string of the molecule is N#Cc1ccc(-c2cc3c(oc4cccc(C5=CCc6c(ccc7ccc(-c8ccccc8)nc67)C=C5)c43)c3ccccc23)cc1. The van der Waals surface area contributed by atoms with Crippen LogP contribution in [0.2, 0.25) is 0 Å². The van der Waals surface area contributed by atoms with E-state index in [-0.39, 0.29) is 0 Å². The fourth-order valence-electron chi connectivity index (χ4n) is 6.91. The fourth-order valence-corrected chi connectivity index (χ4v) is 6.91. The first kappa shape index (κ1) is 26.2. The van der Waals surface area contributed by atoms with Crippen LogP contribution in [-0.2, 0) is 6.42 Å². The zero-order valence-electron chi connectivity index (χ0n) is 24.9. The van der Waals surface area contributed by atoms with Gasteiger partial charge in [0.05, 0.1) is 22.8 Å². The quantitative estimate of drug-likeness (QED) is 0.207. The Morgan fingerprint density at radius 2 is 1.46 bits per heavy atom. The second kappa shape index (κ2) is 10.4. The van der Waals surface area contributed by atoms with Crippen molar-refractivity contribution in [3.63, 3.8) is 0 Å². The Labute approximate surface area is 266 Å². The van der Waals surface area contributed by atoms with Crippen LogP contribution in [0.3, 0.4) is 0 Å². The molecule has 46 heavy (non-hydrogen) atoms. The fraction of sp³-hybridized carbons (Fsp3) is 0.0233. The maximum atomic E-state index is 9.37. The van der Waals surface area contributed by atoms with Crippen molar-refractivity contribution in [2.75, 3.05) is 0 Å². The third kappa shape index (κ3) is 4.16. The monoisotopic (exact) mass is 586 g/mol. The van der Waals surface area contributed by atoms with Crippen LogP contribution in [-0.4, -0.2) is 4.98 Å². The molecule has 0 spiro atoms. The van der Waals surface area contributed by atoms with Crippen molar-refractivity contribution in [3.8, 4) is 28.5 Å². The Kier molecular flexibility index (Phi) is 5.94. The predicted molar refractivity (Wildman–Crippen MR) is 189 cm³/mol. The highest BCUT2D eigenvalue weighted by Gasteiger charge is 2.19. The second-order valence-electron chi connectivity index (χ2n) is 11.8. The number of nitrogens with zero attached hydrogens (tertiary/aromatic N) is 2. The number of benzene rings is 6. The lowest BCUT2D eigenvalue weighted by Gasteiger charge is -2.10. The second-order valence-corrected chi connectivity index (χ2v) is 11.8. The van der Waals surface area contributed by atoms with Gasteiger partial charge in [0.1, 0.15) is 11.2 Å². The van der Waals surface area contributed by atoms with Crippen LogP contribution >= 0.6 is 0 Å². The molecule has 214 valence electrons. The molecule has 3 nitrogen and oxygen atoms in total. The first-order chi connectivity index (χ1) is 22.7. The first-order valence-corrected chi connectivity index (χ1v) is 15.5. The number of allylic oxidation sites excluding steroid dienone is 3. The lowest BCUT2D eigenvalue weighted by molar-refractivity contribution is 0.672. The van der Waals surface area contributed by atoms with Gasteiger partial charge in [0.25, 0.3) is 0 Å². The molecular formula is C43H26N2O. The maximum absolute atomic E-state index is 9.37. The van der Waals surface area contributed by atoms with Gasteiger partial charge in [0.2, 0.25) is 0 Å². The van der Waals surface area contributed by atoms with Gasteiger partial charge in [0, 0.05) is 27.1 Å². The Balaban J connectivity index is 1.22. The lowest BCUT2D eigenvalue weighted by atomic mass is 9.93. The van der Waals surface area contributed by atoms with Crippen LogP contribution in [0.25, 0.3) is 77.6 Å². The highest BCUT2D eigenvalue weighted by Crippen LogP contribution is 2.43. The molecule has 1 aliphatic carbocycles. The molecular weight excluding hydrogens is 560 g/mol. The summed E-state index contributed by atoms with van der Waals surface area (Å²) in [6.07, 6.45) is 7.55. The van der Waals surface area contributed by atoms with Gasteiger partial charge in [-0.25, -0.2) is 4.98 Å². The number of hydrogen-bond donors (Lipinski definition) is 0. The topological polar surface area (TPSA) is 49.8 Å². The largest absolute Gasteiger partial charge is 0.455 e. The zero-order valence-corrected chi connectivity index (χ0v) is 24.9. The van der Waals surface area contributed by atoms with Gasteiger partial charge >= 0.3 is 0 Å². The Morgan fingerprint density at radius 3 is 2.30 bits per heavy atom. The van der Waals surface area contributed by atoms with Crippen LogP contribution < -0.4 is 0 Å². The average Bonchev–Trinajstić information content (AvgIpc) is 3.37. The minimum absolute atomic E-state index is 0.650. The molecule has 0 aliphatic heterocycles. The van der Waals surface area contributed by atoms with Gasteiger partial charge in [-0.1, -0.05) is 115 Å². The van der Waals surface area contributed by atoms with Crippen molar-refractivity contribution in [2.24, 2.45) is 0 Å². The van der Waals surface area contributed by atoms with Gasteiger partial charge < -0.3 is 4.42 Å². The normalized spacial score (nSPS) is 12.7. The molecule has 0 saturated heterocycles. The van der Waals surface area contributed by atoms with Crippen molar-refractivity contribution in [2.45, 2.75) is 6.42 Å². The number of fused-ring (bicyclic) bond motifs is 8.